The second-order valence-electron chi connectivity index (χ2n) is 8.39. The second-order valence-corrected chi connectivity index (χ2v) is 8.39. The maximum Gasteiger partial charge on any atom is 0.261 e. The molecule has 172 valence electrons. The van der Waals surface area contributed by atoms with E-state index in [0.717, 1.165) is 42.6 Å². The van der Waals surface area contributed by atoms with E-state index in [2.05, 4.69) is 5.32 Å². The number of carbonyl (C=O) groups is 2. The molecule has 0 unspecified atom stereocenters. The molecule has 0 spiro atoms. The average Bonchev–Trinajstić information content (AvgIpc) is 3.32. The maximum atomic E-state index is 13.2. The van der Waals surface area contributed by atoms with Gasteiger partial charge >= 0.3 is 0 Å². The van der Waals surface area contributed by atoms with Crippen molar-refractivity contribution in [1.29, 1.82) is 0 Å². The molecule has 0 aliphatic heterocycles. The Hall–Kier alpha value is -3.02. The van der Waals surface area contributed by atoms with Gasteiger partial charge in [-0.1, -0.05) is 49.6 Å². The van der Waals surface area contributed by atoms with Crippen LogP contribution in [0.2, 0.25) is 0 Å². The van der Waals surface area contributed by atoms with Gasteiger partial charge in [0.25, 0.3) is 5.91 Å². The molecular formula is C26H34N2O4. The summed E-state index contributed by atoms with van der Waals surface area (Å²) in [5.74, 6) is 1.01. The standard InChI is InChI=1S/C26H34N2O4/c1-4-24(26(30)27-21-7-5-6-8-21)28(17-20-11-9-19(2)10-12-20)25(29)18-32-23-15-13-22(31-3)14-16-23/h9-16,21,24H,4-8,17-18H2,1-3H3,(H,27,30)/t24-/m0/s1. The highest BCUT2D eigenvalue weighted by Gasteiger charge is 2.30. The van der Waals surface area contributed by atoms with Gasteiger partial charge in [-0.05, 0) is 56.0 Å². The van der Waals surface area contributed by atoms with Crippen molar-refractivity contribution in [1.82, 2.24) is 10.2 Å². The van der Waals surface area contributed by atoms with Gasteiger partial charge in [-0.15, -0.1) is 0 Å². The molecule has 1 atom stereocenters. The predicted octanol–water partition coefficient (Wildman–Crippen LogP) is 4.25. The number of rotatable bonds is 10. The Morgan fingerprint density at radius 1 is 1.03 bits per heavy atom. The molecule has 0 saturated heterocycles. The summed E-state index contributed by atoms with van der Waals surface area (Å²) in [6, 6.07) is 14.8. The molecule has 0 bridgehead atoms. The number of nitrogens with zero attached hydrogens (tertiary/aromatic N) is 1. The van der Waals surface area contributed by atoms with Crippen LogP contribution in [0.25, 0.3) is 0 Å². The lowest BCUT2D eigenvalue weighted by Gasteiger charge is -2.31. The van der Waals surface area contributed by atoms with Crippen molar-refractivity contribution >= 4 is 11.8 Å². The summed E-state index contributed by atoms with van der Waals surface area (Å²) in [6.45, 7) is 4.20. The molecule has 2 amide bonds. The fourth-order valence-electron chi connectivity index (χ4n) is 4.08. The van der Waals surface area contributed by atoms with Gasteiger partial charge in [0.1, 0.15) is 17.5 Å². The van der Waals surface area contributed by atoms with Crippen molar-refractivity contribution < 1.29 is 19.1 Å². The lowest BCUT2D eigenvalue weighted by molar-refractivity contribution is -0.143. The first-order valence-corrected chi connectivity index (χ1v) is 11.4. The molecule has 1 saturated carbocycles. The highest BCUT2D eigenvalue weighted by Crippen LogP contribution is 2.20. The molecule has 1 N–H and O–H groups in total. The number of hydrogen-bond acceptors (Lipinski definition) is 4. The van der Waals surface area contributed by atoms with Crippen molar-refractivity contribution in [3.05, 3.63) is 59.7 Å². The number of nitrogens with one attached hydrogen (secondary N) is 1. The number of ether oxygens (including phenoxy) is 2. The van der Waals surface area contributed by atoms with Crippen LogP contribution < -0.4 is 14.8 Å². The van der Waals surface area contributed by atoms with E-state index in [1.54, 1.807) is 36.3 Å². The highest BCUT2D eigenvalue weighted by molar-refractivity contribution is 5.88. The largest absolute Gasteiger partial charge is 0.497 e. The SMILES string of the molecule is CC[C@@H](C(=O)NC1CCCC1)N(Cc1ccc(C)cc1)C(=O)COc1ccc(OC)cc1. The first kappa shape index (κ1) is 23.6. The van der Waals surface area contributed by atoms with Crippen LogP contribution in [0.15, 0.2) is 48.5 Å². The van der Waals surface area contributed by atoms with Gasteiger partial charge < -0.3 is 19.7 Å². The van der Waals surface area contributed by atoms with Crippen molar-refractivity contribution in [2.24, 2.45) is 0 Å². The summed E-state index contributed by atoms with van der Waals surface area (Å²) in [5.41, 5.74) is 2.14. The minimum atomic E-state index is -0.538. The minimum Gasteiger partial charge on any atom is -0.497 e. The quantitative estimate of drug-likeness (QED) is 0.602. The highest BCUT2D eigenvalue weighted by atomic mass is 16.5. The summed E-state index contributed by atoms with van der Waals surface area (Å²) in [4.78, 5) is 28.0. The van der Waals surface area contributed by atoms with Gasteiger partial charge in [0.05, 0.1) is 7.11 Å². The molecule has 1 fully saturated rings. The molecule has 2 aromatic rings. The molecule has 1 aliphatic rings. The van der Waals surface area contributed by atoms with E-state index < -0.39 is 6.04 Å². The summed E-state index contributed by atoms with van der Waals surface area (Å²) in [6.07, 6.45) is 4.84. The van der Waals surface area contributed by atoms with Gasteiger partial charge in [0.2, 0.25) is 5.91 Å². The van der Waals surface area contributed by atoms with Gasteiger partial charge in [-0.2, -0.15) is 0 Å². The molecular weight excluding hydrogens is 404 g/mol. The molecule has 6 nitrogen and oxygen atoms in total. The first-order chi connectivity index (χ1) is 15.5. The third kappa shape index (κ3) is 6.49. The zero-order chi connectivity index (χ0) is 22.9. The molecule has 32 heavy (non-hydrogen) atoms. The molecule has 3 rings (SSSR count). The molecule has 1 aliphatic carbocycles. The van der Waals surface area contributed by atoms with Crippen molar-refractivity contribution in [2.75, 3.05) is 13.7 Å². The van der Waals surface area contributed by atoms with Crippen LogP contribution in [-0.2, 0) is 16.1 Å². The summed E-state index contributed by atoms with van der Waals surface area (Å²) in [5, 5.41) is 3.16. The third-order valence-electron chi connectivity index (χ3n) is 5.98. The molecule has 0 radical (unpaired) electrons. The normalized spacial score (nSPS) is 14.6. The zero-order valence-electron chi connectivity index (χ0n) is 19.3. The Kier molecular flexibility index (Phi) is 8.54. The fourth-order valence-corrected chi connectivity index (χ4v) is 4.08. The van der Waals surface area contributed by atoms with Crippen LogP contribution in [-0.4, -0.2) is 42.5 Å². The number of amides is 2. The average molecular weight is 439 g/mol. The Bertz CT molecular complexity index is 874. The lowest BCUT2D eigenvalue weighted by atomic mass is 10.1. The topological polar surface area (TPSA) is 67.9 Å². The fraction of sp³-hybridized carbons (Fsp3) is 0.462. The van der Waals surface area contributed by atoms with E-state index in [1.807, 2.05) is 38.1 Å². The van der Waals surface area contributed by atoms with Gasteiger partial charge in [0.15, 0.2) is 6.61 Å². The monoisotopic (exact) mass is 438 g/mol. The number of aryl methyl sites for hydroxylation is 1. The number of methoxy groups -OCH3 is 1. The lowest BCUT2D eigenvalue weighted by Crippen LogP contribution is -2.52. The smallest absolute Gasteiger partial charge is 0.261 e. The second kappa shape index (κ2) is 11.6. The van der Waals surface area contributed by atoms with Crippen LogP contribution in [0.4, 0.5) is 0 Å². The summed E-state index contributed by atoms with van der Waals surface area (Å²) < 4.78 is 10.9. The molecule has 0 heterocycles. The van der Waals surface area contributed by atoms with E-state index in [9.17, 15) is 9.59 Å². The zero-order valence-corrected chi connectivity index (χ0v) is 19.3. The number of carbonyl (C=O) groups excluding carboxylic acids is 2. The van der Waals surface area contributed by atoms with E-state index >= 15 is 0 Å². The van der Waals surface area contributed by atoms with Crippen LogP contribution in [0, 0.1) is 6.92 Å². The van der Waals surface area contributed by atoms with Crippen LogP contribution in [0.5, 0.6) is 11.5 Å². The number of hydrogen-bond donors (Lipinski definition) is 1. The Morgan fingerprint density at radius 3 is 2.25 bits per heavy atom. The van der Waals surface area contributed by atoms with Gasteiger partial charge in [-0.3, -0.25) is 9.59 Å². The molecule has 2 aromatic carbocycles. The van der Waals surface area contributed by atoms with Crippen LogP contribution in [0.1, 0.15) is 50.2 Å². The van der Waals surface area contributed by atoms with Crippen molar-refractivity contribution in [3.63, 3.8) is 0 Å². The van der Waals surface area contributed by atoms with Crippen LogP contribution in [0.3, 0.4) is 0 Å². The maximum absolute atomic E-state index is 13.2. The third-order valence-corrected chi connectivity index (χ3v) is 5.98. The summed E-state index contributed by atoms with van der Waals surface area (Å²) in [7, 11) is 1.60. The van der Waals surface area contributed by atoms with E-state index in [1.165, 1.54) is 0 Å². The molecule has 6 heteroatoms. The van der Waals surface area contributed by atoms with Crippen molar-refractivity contribution in [2.45, 2.75) is 64.6 Å². The Morgan fingerprint density at radius 2 is 1.66 bits per heavy atom. The van der Waals surface area contributed by atoms with Crippen LogP contribution >= 0.6 is 0 Å². The van der Waals surface area contributed by atoms with Gasteiger partial charge in [0, 0.05) is 12.6 Å². The number of benzene rings is 2. The minimum absolute atomic E-state index is 0.0793. The predicted molar refractivity (Wildman–Crippen MR) is 125 cm³/mol. The molecule has 0 aromatic heterocycles. The van der Waals surface area contributed by atoms with Crippen molar-refractivity contribution in [3.8, 4) is 11.5 Å². The van der Waals surface area contributed by atoms with E-state index in [-0.39, 0.29) is 24.5 Å². The Labute approximate surface area is 190 Å². The van der Waals surface area contributed by atoms with Gasteiger partial charge in [-0.25, -0.2) is 0 Å². The first-order valence-electron chi connectivity index (χ1n) is 11.4. The van der Waals surface area contributed by atoms with E-state index in [0.29, 0.717) is 18.7 Å². The van der Waals surface area contributed by atoms with E-state index in [4.69, 9.17) is 9.47 Å². The Balaban J connectivity index is 1.73. The summed E-state index contributed by atoms with van der Waals surface area (Å²) >= 11 is 0.